The molecule has 1 saturated heterocycles. The van der Waals surface area contributed by atoms with Crippen molar-refractivity contribution in [3.05, 3.63) is 0 Å². The van der Waals surface area contributed by atoms with Crippen LogP contribution in [0.15, 0.2) is 0 Å². The molecule has 0 amide bonds. The molecule has 16 heavy (non-hydrogen) atoms. The Morgan fingerprint density at radius 2 is 1.81 bits per heavy atom. The maximum absolute atomic E-state index is 5.47. The van der Waals surface area contributed by atoms with Crippen LogP contribution in [0.4, 0.5) is 0 Å². The van der Waals surface area contributed by atoms with Gasteiger partial charge >= 0.3 is 0 Å². The summed E-state index contributed by atoms with van der Waals surface area (Å²) in [5, 5.41) is 1.10. The first-order valence-electron chi connectivity index (χ1n) is 6.19. The van der Waals surface area contributed by atoms with Crippen molar-refractivity contribution >= 4 is 15.9 Å². The minimum Gasteiger partial charge on any atom is -0.381 e. The standard InChI is InChI=1S/C13H26BrNO/c1-12(2,3)10-15(4)11-13(9-14)5-7-16-8-6-13/h5-11H2,1-4H3. The Labute approximate surface area is 109 Å². The molecule has 0 radical (unpaired) electrons. The minimum absolute atomic E-state index is 0.382. The van der Waals surface area contributed by atoms with Crippen LogP contribution in [0.2, 0.25) is 0 Å². The van der Waals surface area contributed by atoms with E-state index in [1.807, 2.05) is 0 Å². The summed E-state index contributed by atoms with van der Waals surface area (Å²) in [7, 11) is 2.24. The number of halogens is 1. The van der Waals surface area contributed by atoms with E-state index in [-0.39, 0.29) is 0 Å². The SMILES string of the molecule is CN(CC(C)(C)C)CC1(CBr)CCOCC1. The number of alkyl halides is 1. The fourth-order valence-corrected chi connectivity index (χ4v) is 3.31. The van der Waals surface area contributed by atoms with Crippen molar-refractivity contribution in [2.24, 2.45) is 10.8 Å². The van der Waals surface area contributed by atoms with Gasteiger partial charge in [-0.1, -0.05) is 36.7 Å². The molecule has 0 atom stereocenters. The van der Waals surface area contributed by atoms with Crippen molar-refractivity contribution in [1.29, 1.82) is 0 Å². The van der Waals surface area contributed by atoms with E-state index in [1.54, 1.807) is 0 Å². The van der Waals surface area contributed by atoms with Crippen LogP contribution in [0.5, 0.6) is 0 Å². The maximum Gasteiger partial charge on any atom is 0.0472 e. The number of nitrogens with zero attached hydrogens (tertiary/aromatic N) is 1. The molecular formula is C13H26BrNO. The lowest BCUT2D eigenvalue weighted by Gasteiger charge is -2.40. The monoisotopic (exact) mass is 291 g/mol. The fraction of sp³-hybridized carbons (Fsp3) is 1.00. The van der Waals surface area contributed by atoms with Crippen molar-refractivity contribution in [3.8, 4) is 0 Å². The van der Waals surface area contributed by atoms with Crippen LogP contribution in [-0.2, 0) is 4.74 Å². The highest BCUT2D eigenvalue weighted by Gasteiger charge is 2.33. The predicted molar refractivity (Wildman–Crippen MR) is 73.2 cm³/mol. The molecule has 1 aliphatic rings. The van der Waals surface area contributed by atoms with E-state index in [0.717, 1.165) is 25.1 Å². The van der Waals surface area contributed by atoms with Crippen molar-refractivity contribution in [3.63, 3.8) is 0 Å². The van der Waals surface area contributed by atoms with Gasteiger partial charge in [-0.15, -0.1) is 0 Å². The lowest BCUT2D eigenvalue weighted by Crippen LogP contribution is -2.43. The van der Waals surface area contributed by atoms with Crippen molar-refractivity contribution in [1.82, 2.24) is 4.90 Å². The minimum atomic E-state index is 0.382. The Bertz CT molecular complexity index is 206. The van der Waals surface area contributed by atoms with E-state index in [0.29, 0.717) is 10.8 Å². The Hall–Kier alpha value is 0.400. The zero-order chi connectivity index (χ0) is 12.2. The van der Waals surface area contributed by atoms with E-state index in [2.05, 4.69) is 48.6 Å². The van der Waals surface area contributed by atoms with Crippen LogP contribution in [-0.4, -0.2) is 43.6 Å². The van der Waals surface area contributed by atoms with Gasteiger partial charge in [-0.3, -0.25) is 0 Å². The fourth-order valence-electron chi connectivity index (χ4n) is 2.58. The molecule has 2 nitrogen and oxygen atoms in total. The van der Waals surface area contributed by atoms with E-state index >= 15 is 0 Å². The summed E-state index contributed by atoms with van der Waals surface area (Å²) in [6, 6.07) is 0. The third kappa shape index (κ3) is 4.72. The third-order valence-corrected chi connectivity index (χ3v) is 4.38. The highest BCUT2D eigenvalue weighted by atomic mass is 79.9. The van der Waals surface area contributed by atoms with Crippen LogP contribution in [0.25, 0.3) is 0 Å². The molecule has 0 aromatic carbocycles. The highest BCUT2D eigenvalue weighted by molar-refractivity contribution is 9.09. The maximum atomic E-state index is 5.47. The van der Waals surface area contributed by atoms with Crippen LogP contribution in [0.3, 0.4) is 0 Å². The summed E-state index contributed by atoms with van der Waals surface area (Å²) in [4.78, 5) is 2.48. The highest BCUT2D eigenvalue weighted by Crippen LogP contribution is 2.33. The predicted octanol–water partition coefficient (Wildman–Crippen LogP) is 3.16. The van der Waals surface area contributed by atoms with Crippen molar-refractivity contribution in [2.45, 2.75) is 33.6 Å². The topological polar surface area (TPSA) is 12.5 Å². The van der Waals surface area contributed by atoms with Crippen LogP contribution in [0, 0.1) is 10.8 Å². The Morgan fingerprint density at radius 1 is 1.25 bits per heavy atom. The van der Waals surface area contributed by atoms with Crippen LogP contribution in [0.1, 0.15) is 33.6 Å². The zero-order valence-corrected chi connectivity index (χ0v) is 12.8. The molecule has 1 rings (SSSR count). The molecule has 0 unspecified atom stereocenters. The number of rotatable bonds is 4. The average Bonchev–Trinajstić information content (AvgIpc) is 2.16. The second-order valence-electron chi connectivity index (χ2n) is 6.48. The lowest BCUT2D eigenvalue weighted by molar-refractivity contribution is 0.00816. The first-order valence-corrected chi connectivity index (χ1v) is 7.31. The van der Waals surface area contributed by atoms with Gasteiger partial charge in [0.15, 0.2) is 0 Å². The molecule has 0 bridgehead atoms. The van der Waals surface area contributed by atoms with Gasteiger partial charge < -0.3 is 9.64 Å². The summed E-state index contributed by atoms with van der Waals surface area (Å²) in [6.07, 6.45) is 2.37. The van der Waals surface area contributed by atoms with Gasteiger partial charge in [-0.05, 0) is 30.7 Å². The zero-order valence-electron chi connectivity index (χ0n) is 11.2. The summed E-state index contributed by atoms with van der Waals surface area (Å²) >= 11 is 3.69. The average molecular weight is 292 g/mol. The lowest BCUT2D eigenvalue weighted by atomic mass is 9.81. The van der Waals surface area contributed by atoms with Gasteiger partial charge in [0.1, 0.15) is 0 Å². The molecule has 0 aromatic rings. The van der Waals surface area contributed by atoms with Crippen molar-refractivity contribution < 1.29 is 4.74 Å². The summed E-state index contributed by atoms with van der Waals surface area (Å²) < 4.78 is 5.47. The van der Waals surface area contributed by atoms with Crippen LogP contribution < -0.4 is 0 Å². The van der Waals surface area contributed by atoms with E-state index < -0.39 is 0 Å². The van der Waals surface area contributed by atoms with E-state index in [9.17, 15) is 0 Å². The van der Waals surface area contributed by atoms with Gasteiger partial charge in [0.25, 0.3) is 0 Å². The van der Waals surface area contributed by atoms with Gasteiger partial charge in [-0.25, -0.2) is 0 Å². The molecule has 3 heteroatoms. The third-order valence-electron chi connectivity index (χ3n) is 3.19. The van der Waals surface area contributed by atoms with Gasteiger partial charge in [-0.2, -0.15) is 0 Å². The smallest absolute Gasteiger partial charge is 0.0472 e. The molecule has 0 saturated carbocycles. The van der Waals surface area contributed by atoms with E-state index in [1.165, 1.54) is 19.4 Å². The summed E-state index contributed by atoms with van der Waals surface area (Å²) in [5.74, 6) is 0. The molecule has 0 aliphatic carbocycles. The van der Waals surface area contributed by atoms with Crippen molar-refractivity contribution in [2.75, 3.05) is 38.7 Å². The molecule has 1 heterocycles. The first kappa shape index (κ1) is 14.5. The second kappa shape index (κ2) is 5.83. The Morgan fingerprint density at radius 3 is 2.25 bits per heavy atom. The molecule has 96 valence electrons. The Balaban J connectivity index is 2.48. The van der Waals surface area contributed by atoms with Gasteiger partial charge in [0.05, 0.1) is 0 Å². The number of hydrogen-bond donors (Lipinski definition) is 0. The Kier molecular flexibility index (Phi) is 5.27. The summed E-state index contributed by atoms with van der Waals surface area (Å²) in [5.41, 5.74) is 0.811. The largest absolute Gasteiger partial charge is 0.381 e. The second-order valence-corrected chi connectivity index (χ2v) is 7.04. The number of ether oxygens (including phenoxy) is 1. The molecule has 0 N–H and O–H groups in total. The normalized spacial score (nSPS) is 21.4. The van der Waals surface area contributed by atoms with Crippen LogP contribution >= 0.6 is 15.9 Å². The molecular weight excluding hydrogens is 266 g/mol. The quantitative estimate of drug-likeness (QED) is 0.738. The first-order chi connectivity index (χ1) is 7.37. The number of hydrogen-bond acceptors (Lipinski definition) is 2. The van der Waals surface area contributed by atoms with E-state index in [4.69, 9.17) is 4.74 Å². The molecule has 0 spiro atoms. The molecule has 1 fully saturated rings. The van der Waals surface area contributed by atoms with Gasteiger partial charge in [0, 0.05) is 31.6 Å². The summed E-state index contributed by atoms with van der Waals surface area (Å²) in [6.45, 7) is 11.1. The molecule has 1 aliphatic heterocycles. The van der Waals surface area contributed by atoms with Gasteiger partial charge in [0.2, 0.25) is 0 Å². The molecule has 0 aromatic heterocycles.